The molecule has 0 saturated heterocycles. The number of rotatable bonds is 6. The predicted octanol–water partition coefficient (Wildman–Crippen LogP) is 5.02. The molecule has 0 radical (unpaired) electrons. The SMILES string of the molecule is CCOc1ccc(NC(CC)c2cccs2)c(C)c1. The summed E-state index contributed by atoms with van der Waals surface area (Å²) in [6.45, 7) is 7.04. The van der Waals surface area contributed by atoms with Gasteiger partial charge in [0.1, 0.15) is 5.75 Å². The molecule has 0 amide bonds. The molecule has 2 rings (SSSR count). The normalized spacial score (nSPS) is 12.2. The highest BCUT2D eigenvalue weighted by Crippen LogP contribution is 2.29. The van der Waals surface area contributed by atoms with Gasteiger partial charge in [0.25, 0.3) is 0 Å². The third kappa shape index (κ3) is 3.51. The zero-order valence-corrected chi connectivity index (χ0v) is 12.6. The van der Waals surface area contributed by atoms with E-state index in [0.717, 1.165) is 12.2 Å². The van der Waals surface area contributed by atoms with Gasteiger partial charge in [-0.1, -0.05) is 13.0 Å². The first-order chi connectivity index (χ1) is 9.24. The Kier molecular flexibility index (Phi) is 4.86. The van der Waals surface area contributed by atoms with Gasteiger partial charge >= 0.3 is 0 Å². The van der Waals surface area contributed by atoms with Gasteiger partial charge in [-0.25, -0.2) is 0 Å². The van der Waals surface area contributed by atoms with Crippen molar-refractivity contribution in [2.24, 2.45) is 0 Å². The lowest BCUT2D eigenvalue weighted by Gasteiger charge is -2.19. The lowest BCUT2D eigenvalue weighted by Crippen LogP contribution is -2.09. The molecule has 0 bridgehead atoms. The summed E-state index contributed by atoms with van der Waals surface area (Å²) in [6, 6.07) is 10.9. The second kappa shape index (κ2) is 6.62. The third-order valence-electron chi connectivity index (χ3n) is 3.13. The highest BCUT2D eigenvalue weighted by molar-refractivity contribution is 7.10. The molecular formula is C16H21NOS. The molecule has 2 nitrogen and oxygen atoms in total. The van der Waals surface area contributed by atoms with Crippen molar-refractivity contribution in [2.45, 2.75) is 33.2 Å². The first-order valence-corrected chi connectivity index (χ1v) is 7.66. The van der Waals surface area contributed by atoms with Gasteiger partial charge in [0.2, 0.25) is 0 Å². The number of nitrogens with one attached hydrogen (secondary N) is 1. The van der Waals surface area contributed by atoms with Crippen LogP contribution in [0.25, 0.3) is 0 Å². The van der Waals surface area contributed by atoms with Crippen LogP contribution >= 0.6 is 11.3 Å². The molecule has 0 spiro atoms. The zero-order chi connectivity index (χ0) is 13.7. The van der Waals surface area contributed by atoms with Crippen molar-refractivity contribution in [3.63, 3.8) is 0 Å². The molecule has 3 heteroatoms. The second-order valence-corrected chi connectivity index (χ2v) is 5.51. The van der Waals surface area contributed by atoms with Crippen LogP contribution < -0.4 is 10.1 Å². The van der Waals surface area contributed by atoms with E-state index in [2.05, 4.69) is 48.8 Å². The van der Waals surface area contributed by atoms with Gasteiger partial charge < -0.3 is 10.1 Å². The van der Waals surface area contributed by atoms with Crippen LogP contribution in [-0.4, -0.2) is 6.61 Å². The molecule has 19 heavy (non-hydrogen) atoms. The van der Waals surface area contributed by atoms with E-state index in [-0.39, 0.29) is 0 Å². The number of ether oxygens (including phenoxy) is 1. The molecule has 0 aliphatic rings. The Bertz CT molecular complexity index is 507. The van der Waals surface area contributed by atoms with Crippen LogP contribution in [0.15, 0.2) is 35.7 Å². The molecule has 1 N–H and O–H groups in total. The van der Waals surface area contributed by atoms with Gasteiger partial charge in [-0.15, -0.1) is 11.3 Å². The van der Waals surface area contributed by atoms with Crippen molar-refractivity contribution in [2.75, 3.05) is 11.9 Å². The first-order valence-electron chi connectivity index (χ1n) is 6.78. The predicted molar refractivity (Wildman–Crippen MR) is 83.3 cm³/mol. The molecule has 0 fully saturated rings. The lowest BCUT2D eigenvalue weighted by atomic mass is 10.1. The van der Waals surface area contributed by atoms with Crippen molar-refractivity contribution in [3.05, 3.63) is 46.2 Å². The third-order valence-corrected chi connectivity index (χ3v) is 4.12. The number of anilines is 1. The molecule has 1 atom stereocenters. The van der Waals surface area contributed by atoms with Crippen LogP contribution in [0.3, 0.4) is 0 Å². The Balaban J connectivity index is 2.13. The Morgan fingerprint density at radius 1 is 1.26 bits per heavy atom. The van der Waals surface area contributed by atoms with Crippen molar-refractivity contribution in [1.82, 2.24) is 0 Å². The van der Waals surface area contributed by atoms with E-state index >= 15 is 0 Å². The molecular weight excluding hydrogens is 254 g/mol. The van der Waals surface area contributed by atoms with E-state index in [1.165, 1.54) is 16.1 Å². The van der Waals surface area contributed by atoms with Gasteiger partial charge in [0, 0.05) is 10.6 Å². The monoisotopic (exact) mass is 275 g/mol. The van der Waals surface area contributed by atoms with E-state index in [9.17, 15) is 0 Å². The minimum Gasteiger partial charge on any atom is -0.494 e. The average Bonchev–Trinajstić information content (AvgIpc) is 2.92. The fourth-order valence-corrected chi connectivity index (χ4v) is 2.97. The lowest BCUT2D eigenvalue weighted by molar-refractivity contribution is 0.340. The van der Waals surface area contributed by atoms with Gasteiger partial charge in [-0.3, -0.25) is 0 Å². The fourth-order valence-electron chi connectivity index (χ4n) is 2.11. The largest absolute Gasteiger partial charge is 0.494 e. The number of thiophene rings is 1. The molecule has 2 aromatic rings. The minimum absolute atomic E-state index is 0.386. The Morgan fingerprint density at radius 2 is 2.11 bits per heavy atom. The van der Waals surface area contributed by atoms with E-state index < -0.39 is 0 Å². The average molecular weight is 275 g/mol. The smallest absolute Gasteiger partial charge is 0.119 e. The molecule has 0 aliphatic heterocycles. The van der Waals surface area contributed by atoms with Crippen LogP contribution in [0.1, 0.15) is 36.8 Å². The summed E-state index contributed by atoms with van der Waals surface area (Å²) in [4.78, 5) is 1.38. The van der Waals surface area contributed by atoms with Gasteiger partial charge in [-0.05, 0) is 55.5 Å². The molecule has 1 unspecified atom stereocenters. The Hall–Kier alpha value is -1.48. The Morgan fingerprint density at radius 3 is 2.68 bits per heavy atom. The Labute approximate surface area is 119 Å². The van der Waals surface area contributed by atoms with E-state index in [1.54, 1.807) is 11.3 Å². The van der Waals surface area contributed by atoms with Gasteiger partial charge in [0.15, 0.2) is 0 Å². The molecule has 0 saturated carbocycles. The van der Waals surface area contributed by atoms with Gasteiger partial charge in [-0.2, -0.15) is 0 Å². The number of aryl methyl sites for hydroxylation is 1. The maximum Gasteiger partial charge on any atom is 0.119 e. The second-order valence-electron chi connectivity index (χ2n) is 4.53. The van der Waals surface area contributed by atoms with Crippen LogP contribution in [0.5, 0.6) is 5.75 Å². The summed E-state index contributed by atoms with van der Waals surface area (Å²) in [7, 11) is 0. The molecule has 1 aromatic heterocycles. The van der Waals surface area contributed by atoms with Crippen LogP contribution in [0, 0.1) is 6.92 Å². The molecule has 1 heterocycles. The van der Waals surface area contributed by atoms with Crippen molar-refractivity contribution in [3.8, 4) is 5.75 Å². The quantitative estimate of drug-likeness (QED) is 0.799. The van der Waals surface area contributed by atoms with Crippen LogP contribution in [0.2, 0.25) is 0 Å². The van der Waals surface area contributed by atoms with Crippen LogP contribution in [0.4, 0.5) is 5.69 Å². The summed E-state index contributed by atoms with van der Waals surface area (Å²) in [5.74, 6) is 0.940. The van der Waals surface area contributed by atoms with E-state index in [0.29, 0.717) is 12.6 Å². The maximum absolute atomic E-state index is 5.52. The molecule has 1 aromatic carbocycles. The molecule has 102 valence electrons. The topological polar surface area (TPSA) is 21.3 Å². The van der Waals surface area contributed by atoms with Crippen molar-refractivity contribution >= 4 is 17.0 Å². The highest BCUT2D eigenvalue weighted by Gasteiger charge is 2.11. The summed E-state index contributed by atoms with van der Waals surface area (Å²) in [5, 5.41) is 5.75. The van der Waals surface area contributed by atoms with Crippen molar-refractivity contribution in [1.29, 1.82) is 0 Å². The first kappa shape index (κ1) is 13.9. The van der Waals surface area contributed by atoms with E-state index in [1.807, 2.05) is 13.0 Å². The summed E-state index contributed by atoms with van der Waals surface area (Å²) in [5.41, 5.74) is 2.41. The summed E-state index contributed by atoms with van der Waals surface area (Å²) in [6.07, 6.45) is 1.08. The fraction of sp³-hybridized carbons (Fsp3) is 0.375. The standard InChI is InChI=1S/C16H21NOS/c1-4-14(16-7-6-10-19-16)17-15-9-8-13(18-5-2)11-12(15)3/h6-11,14,17H,4-5H2,1-3H3. The van der Waals surface area contributed by atoms with E-state index in [4.69, 9.17) is 4.74 Å². The van der Waals surface area contributed by atoms with Crippen LogP contribution in [-0.2, 0) is 0 Å². The molecule has 0 aliphatic carbocycles. The van der Waals surface area contributed by atoms with Gasteiger partial charge in [0.05, 0.1) is 12.6 Å². The zero-order valence-electron chi connectivity index (χ0n) is 11.8. The van der Waals surface area contributed by atoms with Crippen molar-refractivity contribution < 1.29 is 4.74 Å². The number of benzene rings is 1. The highest BCUT2D eigenvalue weighted by atomic mass is 32.1. The number of hydrogen-bond donors (Lipinski definition) is 1. The minimum atomic E-state index is 0.386. The summed E-state index contributed by atoms with van der Waals surface area (Å²) < 4.78 is 5.52. The number of hydrogen-bond acceptors (Lipinski definition) is 3. The summed E-state index contributed by atoms with van der Waals surface area (Å²) >= 11 is 1.80. The maximum atomic E-state index is 5.52.